The van der Waals surface area contributed by atoms with Gasteiger partial charge in [0.2, 0.25) is 0 Å². The van der Waals surface area contributed by atoms with Crippen molar-refractivity contribution in [3.8, 4) is 11.4 Å². The van der Waals surface area contributed by atoms with Crippen molar-refractivity contribution in [3.63, 3.8) is 0 Å². The van der Waals surface area contributed by atoms with Crippen molar-refractivity contribution in [2.24, 2.45) is 0 Å². The maximum atomic E-state index is 13.9. The lowest BCUT2D eigenvalue weighted by Crippen LogP contribution is -2.12. The zero-order chi connectivity index (χ0) is 13.2. The second-order valence-electron chi connectivity index (χ2n) is 4.89. The molecule has 0 bridgehead atoms. The molecular formula is C15H17FN2O. The molecule has 0 radical (unpaired) electrons. The van der Waals surface area contributed by atoms with Crippen LogP contribution >= 0.6 is 0 Å². The molecule has 1 aromatic carbocycles. The summed E-state index contributed by atoms with van der Waals surface area (Å²) >= 11 is 0. The van der Waals surface area contributed by atoms with Crippen LogP contribution in [0.2, 0.25) is 0 Å². The molecule has 3 nitrogen and oxygen atoms in total. The fourth-order valence-corrected chi connectivity index (χ4v) is 2.77. The third kappa shape index (κ3) is 2.16. The van der Waals surface area contributed by atoms with Crippen molar-refractivity contribution in [3.05, 3.63) is 41.5 Å². The SMILES string of the molecule is OCCc1nc(-c2ccccc2F)n2c1CCCC2. The number of imidazole rings is 1. The Labute approximate surface area is 111 Å². The molecule has 1 N–H and O–H groups in total. The molecule has 1 aliphatic rings. The van der Waals surface area contributed by atoms with Crippen LogP contribution in [0.3, 0.4) is 0 Å². The Balaban J connectivity index is 2.13. The number of nitrogens with zero attached hydrogens (tertiary/aromatic N) is 2. The van der Waals surface area contributed by atoms with Gasteiger partial charge in [-0.25, -0.2) is 9.37 Å². The first-order valence-corrected chi connectivity index (χ1v) is 6.75. The first kappa shape index (κ1) is 12.4. The topological polar surface area (TPSA) is 38.1 Å². The highest BCUT2D eigenvalue weighted by molar-refractivity contribution is 5.58. The van der Waals surface area contributed by atoms with Crippen molar-refractivity contribution >= 4 is 0 Å². The zero-order valence-corrected chi connectivity index (χ0v) is 10.8. The molecule has 0 amide bonds. The summed E-state index contributed by atoms with van der Waals surface area (Å²) in [5.41, 5.74) is 2.63. The zero-order valence-electron chi connectivity index (χ0n) is 10.8. The smallest absolute Gasteiger partial charge is 0.143 e. The maximum absolute atomic E-state index is 13.9. The lowest BCUT2D eigenvalue weighted by molar-refractivity contribution is 0.297. The molecule has 2 heterocycles. The molecule has 0 spiro atoms. The second-order valence-corrected chi connectivity index (χ2v) is 4.89. The standard InChI is InChI=1S/C15H17FN2O/c16-12-6-2-1-5-11(12)15-17-13(8-10-19)14-7-3-4-9-18(14)15/h1-2,5-6,19H,3-4,7-10H2. The highest BCUT2D eigenvalue weighted by atomic mass is 19.1. The average Bonchev–Trinajstić information content (AvgIpc) is 2.79. The van der Waals surface area contributed by atoms with Crippen LogP contribution in [0.25, 0.3) is 11.4 Å². The van der Waals surface area contributed by atoms with Gasteiger partial charge in [0.05, 0.1) is 11.3 Å². The van der Waals surface area contributed by atoms with E-state index in [9.17, 15) is 4.39 Å². The van der Waals surface area contributed by atoms with Gasteiger partial charge in [0.25, 0.3) is 0 Å². The van der Waals surface area contributed by atoms with Crippen molar-refractivity contribution < 1.29 is 9.50 Å². The number of fused-ring (bicyclic) bond motifs is 1. The first-order chi connectivity index (χ1) is 9.31. The van der Waals surface area contributed by atoms with Crippen molar-refractivity contribution in [2.75, 3.05) is 6.61 Å². The highest BCUT2D eigenvalue weighted by Gasteiger charge is 2.21. The van der Waals surface area contributed by atoms with Gasteiger partial charge in [-0.05, 0) is 31.4 Å². The van der Waals surface area contributed by atoms with E-state index in [0.29, 0.717) is 17.8 Å². The van der Waals surface area contributed by atoms with E-state index in [1.54, 1.807) is 12.1 Å². The van der Waals surface area contributed by atoms with E-state index in [0.717, 1.165) is 31.5 Å². The molecule has 0 fully saturated rings. The molecule has 1 aromatic heterocycles. The van der Waals surface area contributed by atoms with Crippen molar-refractivity contribution in [2.45, 2.75) is 32.2 Å². The van der Waals surface area contributed by atoms with Gasteiger partial charge in [0.15, 0.2) is 0 Å². The van der Waals surface area contributed by atoms with E-state index >= 15 is 0 Å². The monoisotopic (exact) mass is 260 g/mol. The van der Waals surface area contributed by atoms with Crippen molar-refractivity contribution in [1.82, 2.24) is 9.55 Å². The van der Waals surface area contributed by atoms with Gasteiger partial charge >= 0.3 is 0 Å². The number of hydrogen-bond donors (Lipinski definition) is 1. The lowest BCUT2D eigenvalue weighted by atomic mass is 10.1. The maximum Gasteiger partial charge on any atom is 0.143 e. The van der Waals surface area contributed by atoms with Gasteiger partial charge in [-0.3, -0.25) is 0 Å². The summed E-state index contributed by atoms with van der Waals surface area (Å²) in [6.07, 6.45) is 3.75. The molecule has 0 saturated heterocycles. The minimum Gasteiger partial charge on any atom is -0.396 e. The number of aliphatic hydroxyl groups is 1. The molecule has 4 heteroatoms. The largest absolute Gasteiger partial charge is 0.396 e. The Morgan fingerprint density at radius 1 is 1.26 bits per heavy atom. The third-order valence-corrected chi connectivity index (χ3v) is 3.66. The summed E-state index contributed by atoms with van der Waals surface area (Å²) in [6, 6.07) is 6.75. The van der Waals surface area contributed by atoms with Crippen LogP contribution < -0.4 is 0 Å². The molecule has 0 saturated carbocycles. The normalized spacial score (nSPS) is 14.4. The number of aliphatic hydroxyl groups excluding tert-OH is 1. The van der Waals surface area contributed by atoms with E-state index in [1.807, 2.05) is 6.07 Å². The molecule has 0 unspecified atom stereocenters. The highest BCUT2D eigenvalue weighted by Crippen LogP contribution is 2.29. The minimum absolute atomic E-state index is 0.0841. The van der Waals surface area contributed by atoms with Crippen LogP contribution in [0.4, 0.5) is 4.39 Å². The van der Waals surface area contributed by atoms with Gasteiger partial charge in [0, 0.05) is 25.3 Å². The number of benzene rings is 1. The van der Waals surface area contributed by atoms with E-state index in [2.05, 4.69) is 9.55 Å². The Kier molecular flexibility index (Phi) is 3.34. The Hall–Kier alpha value is -1.68. The Morgan fingerprint density at radius 2 is 2.11 bits per heavy atom. The molecule has 1 aliphatic heterocycles. The van der Waals surface area contributed by atoms with Gasteiger partial charge in [-0.2, -0.15) is 0 Å². The Morgan fingerprint density at radius 3 is 2.89 bits per heavy atom. The molecule has 0 aliphatic carbocycles. The van der Waals surface area contributed by atoms with Crippen LogP contribution in [0, 0.1) is 5.82 Å². The summed E-state index contributed by atoms with van der Waals surface area (Å²) in [7, 11) is 0. The van der Waals surface area contributed by atoms with Crippen LogP contribution in [0.5, 0.6) is 0 Å². The number of hydrogen-bond acceptors (Lipinski definition) is 2. The summed E-state index contributed by atoms with van der Waals surface area (Å²) in [5.74, 6) is 0.465. The van der Waals surface area contributed by atoms with Gasteiger partial charge in [0.1, 0.15) is 11.6 Å². The predicted molar refractivity (Wildman–Crippen MR) is 71.3 cm³/mol. The van der Waals surface area contributed by atoms with Crippen LogP contribution in [0.1, 0.15) is 24.2 Å². The van der Waals surface area contributed by atoms with Crippen LogP contribution in [-0.2, 0) is 19.4 Å². The number of halogens is 1. The van der Waals surface area contributed by atoms with Crippen LogP contribution in [-0.4, -0.2) is 21.3 Å². The summed E-state index contributed by atoms with van der Waals surface area (Å²) in [4.78, 5) is 4.58. The third-order valence-electron chi connectivity index (χ3n) is 3.66. The average molecular weight is 260 g/mol. The lowest BCUT2D eigenvalue weighted by Gasteiger charge is -2.17. The minimum atomic E-state index is -0.239. The van der Waals surface area contributed by atoms with E-state index in [-0.39, 0.29) is 12.4 Å². The van der Waals surface area contributed by atoms with E-state index in [1.165, 1.54) is 11.8 Å². The summed E-state index contributed by atoms with van der Waals surface area (Å²) in [5, 5.41) is 9.13. The van der Waals surface area contributed by atoms with Crippen LogP contribution in [0.15, 0.2) is 24.3 Å². The molecule has 0 atom stereocenters. The van der Waals surface area contributed by atoms with Gasteiger partial charge in [-0.15, -0.1) is 0 Å². The van der Waals surface area contributed by atoms with Gasteiger partial charge < -0.3 is 9.67 Å². The van der Waals surface area contributed by atoms with Crippen molar-refractivity contribution in [1.29, 1.82) is 0 Å². The van der Waals surface area contributed by atoms with E-state index < -0.39 is 0 Å². The summed E-state index contributed by atoms with van der Waals surface area (Å²) in [6.45, 7) is 0.970. The fraction of sp³-hybridized carbons (Fsp3) is 0.400. The molecule has 19 heavy (non-hydrogen) atoms. The molecular weight excluding hydrogens is 243 g/mol. The van der Waals surface area contributed by atoms with E-state index in [4.69, 9.17) is 5.11 Å². The molecule has 100 valence electrons. The predicted octanol–water partition coefficient (Wildman–Crippen LogP) is 2.56. The fourth-order valence-electron chi connectivity index (χ4n) is 2.77. The molecule has 3 rings (SSSR count). The first-order valence-electron chi connectivity index (χ1n) is 6.75. The Bertz CT molecular complexity index is 592. The summed E-state index contributed by atoms with van der Waals surface area (Å²) < 4.78 is 16.1. The number of rotatable bonds is 3. The molecule has 2 aromatic rings. The number of aromatic nitrogens is 2. The second kappa shape index (κ2) is 5.13. The quantitative estimate of drug-likeness (QED) is 0.921. The van der Waals surface area contributed by atoms with Gasteiger partial charge in [-0.1, -0.05) is 12.1 Å².